The van der Waals surface area contributed by atoms with Gasteiger partial charge in [0.25, 0.3) is 0 Å². The average Bonchev–Trinajstić information content (AvgIpc) is 2.88. The third kappa shape index (κ3) is 15.7. The summed E-state index contributed by atoms with van der Waals surface area (Å²) in [4.78, 5) is 10.7. The van der Waals surface area contributed by atoms with Crippen LogP contribution in [0.5, 0.6) is 0 Å². The van der Waals surface area contributed by atoms with Gasteiger partial charge in [0.1, 0.15) is 42.7 Å². The zero-order valence-electron chi connectivity index (χ0n) is 23.8. The van der Waals surface area contributed by atoms with E-state index in [1.807, 2.05) is 0 Å². The van der Waals surface area contributed by atoms with Crippen molar-refractivity contribution in [3.63, 3.8) is 0 Å². The van der Waals surface area contributed by atoms with Gasteiger partial charge in [-0.1, -0.05) is 48.5 Å². The fourth-order valence-corrected chi connectivity index (χ4v) is 2.82. The Morgan fingerprint density at radius 2 is 0.789 bits per heavy atom. The molecule has 0 saturated carbocycles. The van der Waals surface area contributed by atoms with Crippen LogP contribution in [-0.4, -0.2) is 141 Å². The third-order valence-corrected chi connectivity index (χ3v) is 5.93. The molecule has 0 amide bonds. The van der Waals surface area contributed by atoms with E-state index in [1.165, 1.54) is 0 Å². The van der Waals surface area contributed by atoms with Crippen molar-refractivity contribution in [2.75, 3.05) is 6.61 Å². The van der Waals surface area contributed by atoms with Gasteiger partial charge in [-0.25, -0.2) is 0 Å². The molecule has 232 valence electrons. The molecule has 0 aliphatic carbocycles. The van der Waals surface area contributed by atoms with Gasteiger partial charge < -0.3 is 61.3 Å². The van der Waals surface area contributed by atoms with Crippen molar-refractivity contribution in [2.45, 2.75) is 129 Å². The molecule has 0 fully saturated rings. The lowest BCUT2D eigenvalue weighted by atomic mass is 9.94. The molecule has 0 spiro atoms. The normalized spacial score (nSPS) is 20.5. The number of carbonyl (C=O) groups is 1. The molecule has 12 N–H and O–H groups in total. The highest BCUT2D eigenvalue weighted by Gasteiger charge is 2.34. The minimum absolute atomic E-state index is 0.0220. The van der Waals surface area contributed by atoms with Gasteiger partial charge in [0.2, 0.25) is 0 Å². The summed E-state index contributed by atoms with van der Waals surface area (Å²) in [5.41, 5.74) is 0. The maximum absolute atomic E-state index is 10.7. The Balaban J connectivity index is -0.000000487. The number of hydrogen-bond donors (Lipinski definition) is 12. The Bertz CT molecular complexity index is 590. The molecule has 11 atom stereocenters. The SMILES string of the molecule is CC(=O)C(O)C(O)C(O)C(O)C(C)C.CC(C)C(O)C(O)C(O)C(O)CO.CCC(O)C(O)C(O)C(C)C. The molecular formula is C25H54O13. The predicted octanol–water partition coefficient (Wildman–Crippen LogP) is -3.11. The van der Waals surface area contributed by atoms with E-state index in [-0.39, 0.29) is 17.8 Å². The largest absolute Gasteiger partial charge is 0.394 e. The van der Waals surface area contributed by atoms with Gasteiger partial charge in [-0.2, -0.15) is 0 Å². The zero-order chi connectivity index (χ0) is 31.1. The van der Waals surface area contributed by atoms with Crippen molar-refractivity contribution in [1.29, 1.82) is 0 Å². The molecule has 0 aromatic rings. The van der Waals surface area contributed by atoms with Crippen LogP contribution in [0.1, 0.15) is 61.8 Å². The number of rotatable bonds is 14. The lowest BCUT2D eigenvalue weighted by molar-refractivity contribution is -0.145. The van der Waals surface area contributed by atoms with Crippen molar-refractivity contribution in [3.8, 4) is 0 Å². The van der Waals surface area contributed by atoms with Crippen LogP contribution in [0, 0.1) is 17.8 Å². The van der Waals surface area contributed by atoms with Gasteiger partial charge in [-0.15, -0.1) is 0 Å². The Hall–Kier alpha value is -0.810. The summed E-state index contributed by atoms with van der Waals surface area (Å²) < 4.78 is 0. The number of ketones is 1. The first-order valence-electron chi connectivity index (χ1n) is 12.8. The Morgan fingerprint density at radius 3 is 1.05 bits per heavy atom. The Morgan fingerprint density at radius 1 is 0.500 bits per heavy atom. The second-order valence-corrected chi connectivity index (χ2v) is 10.4. The van der Waals surface area contributed by atoms with Gasteiger partial charge in [0.15, 0.2) is 5.78 Å². The van der Waals surface area contributed by atoms with Crippen LogP contribution >= 0.6 is 0 Å². The van der Waals surface area contributed by atoms with Gasteiger partial charge in [-0.05, 0) is 31.1 Å². The van der Waals surface area contributed by atoms with E-state index in [0.717, 1.165) is 6.92 Å². The van der Waals surface area contributed by atoms with Crippen LogP contribution < -0.4 is 0 Å². The molecule has 0 saturated heterocycles. The van der Waals surface area contributed by atoms with Gasteiger partial charge >= 0.3 is 0 Å². The van der Waals surface area contributed by atoms with Crippen LogP contribution in [0.15, 0.2) is 0 Å². The molecule has 0 bridgehead atoms. The summed E-state index contributed by atoms with van der Waals surface area (Å²) in [5.74, 6) is -1.16. The molecule has 0 aliphatic heterocycles. The lowest BCUT2D eigenvalue weighted by Gasteiger charge is -2.27. The number of aliphatic hydroxyl groups is 12. The summed E-state index contributed by atoms with van der Waals surface area (Å²) in [6.45, 7) is 12.5. The minimum Gasteiger partial charge on any atom is -0.394 e. The average molecular weight is 563 g/mol. The summed E-state index contributed by atoms with van der Waals surface area (Å²) in [6, 6.07) is 0. The topological polar surface area (TPSA) is 260 Å². The first kappa shape index (κ1) is 41.7. The highest BCUT2D eigenvalue weighted by Crippen LogP contribution is 2.13. The van der Waals surface area contributed by atoms with Crippen LogP contribution in [0.2, 0.25) is 0 Å². The van der Waals surface area contributed by atoms with Gasteiger partial charge in [0.05, 0.1) is 31.0 Å². The second kappa shape index (κ2) is 21.0. The highest BCUT2D eigenvalue weighted by atomic mass is 16.4. The monoisotopic (exact) mass is 562 g/mol. The van der Waals surface area contributed by atoms with Crippen molar-refractivity contribution in [2.24, 2.45) is 17.8 Å². The van der Waals surface area contributed by atoms with Crippen molar-refractivity contribution < 1.29 is 66.1 Å². The molecule has 0 aromatic carbocycles. The quantitative estimate of drug-likeness (QED) is 0.100. The Kier molecular flexibility index (Phi) is 23.0. The summed E-state index contributed by atoms with van der Waals surface area (Å²) in [5, 5.41) is 110. The second-order valence-electron chi connectivity index (χ2n) is 10.4. The number of Topliss-reactive ketones (excluding diaryl/α,β-unsaturated/α-hetero) is 1. The van der Waals surface area contributed by atoms with Crippen LogP contribution in [-0.2, 0) is 4.79 Å². The molecule has 0 radical (unpaired) electrons. The predicted molar refractivity (Wildman–Crippen MR) is 139 cm³/mol. The van der Waals surface area contributed by atoms with Crippen LogP contribution in [0.25, 0.3) is 0 Å². The highest BCUT2D eigenvalue weighted by molar-refractivity contribution is 5.80. The fraction of sp³-hybridized carbons (Fsp3) is 0.960. The molecule has 13 heteroatoms. The van der Waals surface area contributed by atoms with E-state index in [0.29, 0.717) is 6.42 Å². The smallest absolute Gasteiger partial charge is 0.160 e. The van der Waals surface area contributed by atoms with Crippen molar-refractivity contribution >= 4 is 5.78 Å². The zero-order valence-corrected chi connectivity index (χ0v) is 23.8. The van der Waals surface area contributed by atoms with E-state index in [1.54, 1.807) is 48.5 Å². The molecule has 0 aromatic heterocycles. The van der Waals surface area contributed by atoms with Gasteiger partial charge in [0, 0.05) is 0 Å². The maximum atomic E-state index is 10.7. The van der Waals surface area contributed by atoms with E-state index < -0.39 is 79.5 Å². The minimum atomic E-state index is -1.65. The first-order chi connectivity index (χ1) is 17.2. The molecule has 0 aliphatic rings. The number of carbonyl (C=O) groups excluding carboxylic acids is 1. The van der Waals surface area contributed by atoms with E-state index in [4.69, 9.17) is 20.4 Å². The summed E-state index contributed by atoms with van der Waals surface area (Å²) >= 11 is 0. The van der Waals surface area contributed by atoms with E-state index >= 15 is 0 Å². The van der Waals surface area contributed by atoms with Crippen LogP contribution in [0.3, 0.4) is 0 Å². The molecule has 0 heterocycles. The first-order valence-corrected chi connectivity index (χ1v) is 12.8. The van der Waals surface area contributed by atoms with E-state index in [9.17, 15) is 45.6 Å². The lowest BCUT2D eigenvalue weighted by Crippen LogP contribution is -2.48. The molecule has 38 heavy (non-hydrogen) atoms. The molecule has 0 rings (SSSR count). The Labute approximate surface area is 225 Å². The standard InChI is InChI=1S/C9H18O5.C8H18O5.C8H18O3/c1-4(2)6(11)8(13)9(14)7(12)5(3)10;1-4(2)6(11)8(13)7(12)5(10)3-9;1-4-6(9)8(11)7(10)5(2)3/h4,6-9,11-14H,1-3H3;4-13H,3H2,1-2H3;5-11H,4H2,1-3H3. The van der Waals surface area contributed by atoms with Crippen molar-refractivity contribution in [1.82, 2.24) is 0 Å². The van der Waals surface area contributed by atoms with Crippen molar-refractivity contribution in [3.05, 3.63) is 0 Å². The third-order valence-electron chi connectivity index (χ3n) is 5.93. The van der Waals surface area contributed by atoms with Crippen LogP contribution in [0.4, 0.5) is 0 Å². The number of hydrogen-bond acceptors (Lipinski definition) is 13. The summed E-state index contributed by atoms with van der Waals surface area (Å²) in [6.07, 6.45) is -13.7. The molecule has 11 unspecified atom stereocenters. The number of aliphatic hydroxyl groups excluding tert-OH is 12. The molecule has 13 nitrogen and oxygen atoms in total. The summed E-state index contributed by atoms with van der Waals surface area (Å²) in [7, 11) is 0. The van der Waals surface area contributed by atoms with Gasteiger partial charge in [-0.3, -0.25) is 4.79 Å². The van der Waals surface area contributed by atoms with E-state index in [2.05, 4.69) is 0 Å². The fourth-order valence-electron chi connectivity index (χ4n) is 2.82. The maximum Gasteiger partial charge on any atom is 0.160 e. The molecular weight excluding hydrogens is 508 g/mol.